The second kappa shape index (κ2) is 8.32. The molecule has 1 aliphatic heterocycles. The van der Waals surface area contributed by atoms with E-state index in [-0.39, 0.29) is 28.6 Å². The number of methoxy groups -OCH3 is 1. The van der Waals surface area contributed by atoms with Gasteiger partial charge in [-0.15, -0.1) is 0 Å². The van der Waals surface area contributed by atoms with Gasteiger partial charge in [0.25, 0.3) is 5.91 Å². The molecule has 31 heavy (non-hydrogen) atoms. The molecular weight excluding hydrogens is 440 g/mol. The molecule has 1 aliphatic rings. The highest BCUT2D eigenvalue weighted by Gasteiger charge is 2.32. The van der Waals surface area contributed by atoms with E-state index in [9.17, 15) is 13.2 Å². The second-order valence-corrected chi connectivity index (χ2v) is 9.41. The van der Waals surface area contributed by atoms with Gasteiger partial charge in [-0.05, 0) is 58.7 Å². The highest BCUT2D eigenvalue weighted by Crippen LogP contribution is 2.34. The topological polar surface area (TPSA) is 95.9 Å². The van der Waals surface area contributed by atoms with Crippen LogP contribution in [-0.4, -0.2) is 30.9 Å². The Labute approximate surface area is 184 Å². The summed E-state index contributed by atoms with van der Waals surface area (Å²) in [6, 6.07) is 17.1. The standard InChI is InChI=1S/C22H19ClN2O5S/c1-30-18-6-2-14(3-7-18)15-4-8-19(9-5-15)31(28,29)25-12-17-10-16(22(26)24-27)11-21(23)20(17)13-25/h2-11,27H,12-13H2,1H3,(H,24,26). The highest BCUT2D eigenvalue weighted by molar-refractivity contribution is 7.89. The van der Waals surface area contributed by atoms with E-state index in [4.69, 9.17) is 21.5 Å². The van der Waals surface area contributed by atoms with Crippen LogP contribution in [0.5, 0.6) is 5.75 Å². The lowest BCUT2D eigenvalue weighted by atomic mass is 10.1. The van der Waals surface area contributed by atoms with Crippen molar-refractivity contribution in [1.29, 1.82) is 0 Å². The monoisotopic (exact) mass is 458 g/mol. The number of amides is 1. The van der Waals surface area contributed by atoms with E-state index in [1.807, 2.05) is 24.3 Å². The van der Waals surface area contributed by atoms with Gasteiger partial charge in [-0.3, -0.25) is 10.0 Å². The lowest BCUT2D eigenvalue weighted by molar-refractivity contribution is 0.0706. The van der Waals surface area contributed by atoms with Crippen LogP contribution in [-0.2, 0) is 23.1 Å². The number of hydrogen-bond acceptors (Lipinski definition) is 5. The molecule has 2 N–H and O–H groups in total. The summed E-state index contributed by atoms with van der Waals surface area (Å²) in [5.74, 6) is 0.0370. The molecule has 0 fully saturated rings. The third-order valence-electron chi connectivity index (χ3n) is 5.25. The number of rotatable bonds is 5. The number of carbonyl (C=O) groups is 1. The number of hydroxylamine groups is 1. The minimum atomic E-state index is -3.77. The Morgan fingerprint density at radius 2 is 1.65 bits per heavy atom. The summed E-state index contributed by atoms with van der Waals surface area (Å²) < 4.78 is 32.8. The fourth-order valence-corrected chi connectivity index (χ4v) is 5.24. The number of carbonyl (C=O) groups excluding carboxylic acids is 1. The maximum absolute atomic E-state index is 13.2. The quantitative estimate of drug-likeness (QED) is 0.447. The van der Waals surface area contributed by atoms with Crippen molar-refractivity contribution in [2.24, 2.45) is 0 Å². The van der Waals surface area contributed by atoms with Crippen molar-refractivity contribution < 1.29 is 23.2 Å². The van der Waals surface area contributed by atoms with Crippen LogP contribution < -0.4 is 10.2 Å². The molecule has 0 radical (unpaired) electrons. The molecule has 3 aromatic rings. The van der Waals surface area contributed by atoms with Gasteiger partial charge in [0.2, 0.25) is 10.0 Å². The van der Waals surface area contributed by atoms with Crippen LogP contribution in [0.1, 0.15) is 21.5 Å². The summed E-state index contributed by atoms with van der Waals surface area (Å²) in [6.07, 6.45) is 0. The summed E-state index contributed by atoms with van der Waals surface area (Å²) in [7, 11) is -2.17. The van der Waals surface area contributed by atoms with Crippen molar-refractivity contribution >= 4 is 27.5 Å². The normalized spacial score (nSPS) is 13.6. The number of benzene rings is 3. The van der Waals surface area contributed by atoms with Gasteiger partial charge < -0.3 is 4.74 Å². The largest absolute Gasteiger partial charge is 0.497 e. The van der Waals surface area contributed by atoms with Gasteiger partial charge in [0.05, 0.1) is 12.0 Å². The Morgan fingerprint density at radius 3 is 2.23 bits per heavy atom. The number of ether oxygens (including phenoxy) is 1. The minimum Gasteiger partial charge on any atom is -0.497 e. The summed E-state index contributed by atoms with van der Waals surface area (Å²) in [5.41, 5.74) is 4.82. The molecule has 0 atom stereocenters. The van der Waals surface area contributed by atoms with E-state index in [1.54, 1.807) is 36.9 Å². The van der Waals surface area contributed by atoms with E-state index in [0.29, 0.717) is 11.1 Å². The maximum atomic E-state index is 13.2. The molecule has 0 aromatic heterocycles. The zero-order chi connectivity index (χ0) is 22.2. The third kappa shape index (κ3) is 4.03. The van der Waals surface area contributed by atoms with Crippen molar-refractivity contribution in [3.05, 3.63) is 82.4 Å². The first-order chi connectivity index (χ1) is 14.8. The molecule has 1 amide bonds. The van der Waals surface area contributed by atoms with Gasteiger partial charge in [0.15, 0.2) is 0 Å². The van der Waals surface area contributed by atoms with Crippen LogP contribution in [0.2, 0.25) is 5.02 Å². The van der Waals surface area contributed by atoms with Crippen LogP contribution in [0.3, 0.4) is 0 Å². The minimum absolute atomic E-state index is 0.0875. The van der Waals surface area contributed by atoms with Gasteiger partial charge in [0.1, 0.15) is 5.75 Å². The number of fused-ring (bicyclic) bond motifs is 1. The molecular formula is C22H19ClN2O5S. The third-order valence-corrected chi connectivity index (χ3v) is 7.39. The molecule has 0 saturated carbocycles. The van der Waals surface area contributed by atoms with Gasteiger partial charge in [-0.1, -0.05) is 35.9 Å². The number of halogens is 1. The first-order valence-electron chi connectivity index (χ1n) is 9.34. The molecule has 0 unspecified atom stereocenters. The van der Waals surface area contributed by atoms with Crippen molar-refractivity contribution in [2.75, 3.05) is 7.11 Å². The summed E-state index contributed by atoms with van der Waals surface area (Å²) in [6.45, 7) is 0.196. The zero-order valence-electron chi connectivity index (χ0n) is 16.5. The fraction of sp³-hybridized carbons (Fsp3) is 0.136. The first-order valence-corrected chi connectivity index (χ1v) is 11.2. The Balaban J connectivity index is 1.58. The van der Waals surface area contributed by atoms with Crippen LogP contribution in [0, 0.1) is 0 Å². The number of nitrogens with one attached hydrogen (secondary N) is 1. The van der Waals surface area contributed by atoms with E-state index < -0.39 is 15.9 Å². The predicted octanol–water partition coefficient (Wildman–Crippen LogP) is 3.84. The number of nitrogens with zero attached hydrogens (tertiary/aromatic N) is 1. The zero-order valence-corrected chi connectivity index (χ0v) is 18.1. The Morgan fingerprint density at radius 1 is 1.03 bits per heavy atom. The van der Waals surface area contributed by atoms with Crippen LogP contribution >= 0.6 is 11.6 Å². The van der Waals surface area contributed by atoms with E-state index >= 15 is 0 Å². The predicted molar refractivity (Wildman–Crippen MR) is 116 cm³/mol. The molecule has 7 nitrogen and oxygen atoms in total. The molecule has 0 saturated heterocycles. The number of sulfonamides is 1. The molecule has 3 aromatic carbocycles. The van der Waals surface area contributed by atoms with Gasteiger partial charge >= 0.3 is 0 Å². The molecule has 0 aliphatic carbocycles. The van der Waals surface area contributed by atoms with Crippen LogP contribution in [0.4, 0.5) is 0 Å². The van der Waals surface area contributed by atoms with Gasteiger partial charge in [-0.2, -0.15) is 4.31 Å². The second-order valence-electron chi connectivity index (χ2n) is 7.06. The maximum Gasteiger partial charge on any atom is 0.274 e. The number of hydrogen-bond donors (Lipinski definition) is 2. The van der Waals surface area contributed by atoms with Crippen LogP contribution in [0.25, 0.3) is 11.1 Å². The Kier molecular flexibility index (Phi) is 5.72. The van der Waals surface area contributed by atoms with E-state index in [0.717, 1.165) is 16.9 Å². The van der Waals surface area contributed by atoms with Gasteiger partial charge in [-0.25, -0.2) is 13.9 Å². The molecule has 160 valence electrons. The molecule has 1 heterocycles. The molecule has 0 bridgehead atoms. The average Bonchev–Trinajstić information content (AvgIpc) is 3.24. The first kappa shape index (κ1) is 21.3. The summed E-state index contributed by atoms with van der Waals surface area (Å²) in [4.78, 5) is 11.9. The highest BCUT2D eigenvalue weighted by atomic mass is 35.5. The van der Waals surface area contributed by atoms with E-state index in [2.05, 4.69) is 0 Å². The fourth-order valence-electron chi connectivity index (χ4n) is 3.55. The SMILES string of the molecule is COc1ccc(-c2ccc(S(=O)(=O)N3Cc4cc(C(=O)NO)cc(Cl)c4C3)cc2)cc1. The van der Waals surface area contributed by atoms with Crippen molar-refractivity contribution in [2.45, 2.75) is 18.0 Å². The van der Waals surface area contributed by atoms with Crippen molar-refractivity contribution in [1.82, 2.24) is 9.79 Å². The Hall–Kier alpha value is -2.91. The molecule has 4 rings (SSSR count). The van der Waals surface area contributed by atoms with Crippen molar-refractivity contribution in [3.63, 3.8) is 0 Å². The van der Waals surface area contributed by atoms with E-state index in [1.165, 1.54) is 16.4 Å². The molecule has 9 heteroatoms. The average molecular weight is 459 g/mol. The van der Waals surface area contributed by atoms with Gasteiger partial charge in [0, 0.05) is 23.7 Å². The summed E-state index contributed by atoms with van der Waals surface area (Å²) in [5, 5.41) is 9.11. The molecule has 0 spiro atoms. The summed E-state index contributed by atoms with van der Waals surface area (Å²) >= 11 is 6.26. The lowest BCUT2D eigenvalue weighted by Crippen LogP contribution is -2.25. The van der Waals surface area contributed by atoms with Crippen molar-refractivity contribution in [3.8, 4) is 16.9 Å². The Bertz CT molecular complexity index is 1240. The van der Waals surface area contributed by atoms with Crippen LogP contribution in [0.15, 0.2) is 65.6 Å². The lowest BCUT2D eigenvalue weighted by Gasteiger charge is -2.16. The smallest absolute Gasteiger partial charge is 0.274 e.